The number of pyridine rings is 1. The van der Waals surface area contributed by atoms with Crippen LogP contribution in [0.25, 0.3) is 22.5 Å². The number of piperidine rings is 1. The van der Waals surface area contributed by atoms with Gasteiger partial charge >= 0.3 is 0 Å². The molecule has 1 aliphatic rings. The van der Waals surface area contributed by atoms with E-state index in [1.165, 1.54) is 24.3 Å². The summed E-state index contributed by atoms with van der Waals surface area (Å²) < 4.78 is 15.9. The van der Waals surface area contributed by atoms with Crippen molar-refractivity contribution < 1.29 is 9.50 Å². The van der Waals surface area contributed by atoms with Crippen molar-refractivity contribution in [3.05, 3.63) is 76.9 Å². The van der Waals surface area contributed by atoms with Crippen LogP contribution in [0.3, 0.4) is 0 Å². The fourth-order valence-electron chi connectivity index (χ4n) is 3.82. The first kappa shape index (κ1) is 20.3. The molecule has 0 aliphatic carbocycles. The van der Waals surface area contributed by atoms with Crippen LogP contribution < -0.4 is 5.56 Å². The van der Waals surface area contributed by atoms with Crippen molar-refractivity contribution in [2.45, 2.75) is 38.5 Å². The molecule has 4 rings (SSSR count). The fraction of sp³-hybridized carbons (Fsp3) is 0.333. The average Bonchev–Trinajstić information content (AvgIpc) is 2.73. The molecule has 1 aliphatic heterocycles. The van der Waals surface area contributed by atoms with Crippen LogP contribution in [-0.2, 0) is 5.67 Å². The Kier molecular flexibility index (Phi) is 5.20. The van der Waals surface area contributed by atoms with Gasteiger partial charge in [0.2, 0.25) is 0 Å². The number of hydrogen-bond acceptors (Lipinski definition) is 4. The van der Waals surface area contributed by atoms with Gasteiger partial charge in [-0.05, 0) is 49.9 Å². The number of hydrogen-bond donors (Lipinski definition) is 1. The molecule has 0 bridgehead atoms. The van der Waals surface area contributed by atoms with E-state index in [1.807, 2.05) is 30.3 Å². The molecule has 3 heterocycles. The quantitative estimate of drug-likeness (QED) is 0.710. The van der Waals surface area contributed by atoms with Crippen LogP contribution >= 0.6 is 0 Å². The summed E-state index contributed by atoms with van der Waals surface area (Å²) in [6, 6.07) is 12.8. The van der Waals surface area contributed by atoms with E-state index in [9.17, 15) is 14.3 Å². The lowest BCUT2D eigenvalue weighted by atomic mass is 10.0. The van der Waals surface area contributed by atoms with Crippen molar-refractivity contribution >= 4 is 11.3 Å². The first-order valence-electron chi connectivity index (χ1n) is 10.2. The van der Waals surface area contributed by atoms with Crippen LogP contribution in [-0.4, -0.2) is 38.6 Å². The minimum absolute atomic E-state index is 0.122. The Morgan fingerprint density at radius 1 is 1.20 bits per heavy atom. The number of rotatable bonds is 4. The predicted octanol–water partition coefficient (Wildman–Crippen LogP) is 3.99. The van der Waals surface area contributed by atoms with Gasteiger partial charge in [0.05, 0.1) is 11.8 Å². The van der Waals surface area contributed by atoms with Gasteiger partial charge in [0, 0.05) is 36.6 Å². The van der Waals surface area contributed by atoms with E-state index < -0.39 is 5.67 Å². The number of aliphatic hydroxyl groups is 1. The molecule has 3 aromatic rings. The van der Waals surface area contributed by atoms with Gasteiger partial charge in [0.15, 0.2) is 0 Å². The van der Waals surface area contributed by atoms with Crippen LogP contribution in [0.4, 0.5) is 4.39 Å². The molecule has 0 atom stereocenters. The Balaban J connectivity index is 1.70. The highest BCUT2D eigenvalue weighted by Crippen LogP contribution is 2.28. The lowest BCUT2D eigenvalue weighted by Gasteiger charge is -2.33. The Morgan fingerprint density at radius 2 is 1.87 bits per heavy atom. The van der Waals surface area contributed by atoms with Crippen molar-refractivity contribution in [1.29, 1.82) is 0 Å². The van der Waals surface area contributed by atoms with E-state index in [-0.39, 0.29) is 17.4 Å². The topological polar surface area (TPSA) is 57.8 Å². The molecular weight excluding hydrogens is 381 g/mol. The molecule has 1 aromatic carbocycles. The van der Waals surface area contributed by atoms with Gasteiger partial charge < -0.3 is 10.0 Å². The lowest BCUT2D eigenvalue weighted by Crippen LogP contribution is -2.34. The smallest absolute Gasteiger partial charge is 0.258 e. The summed E-state index contributed by atoms with van der Waals surface area (Å²) in [5.74, 6) is 0. The van der Waals surface area contributed by atoms with Gasteiger partial charge in [-0.25, -0.2) is 9.37 Å². The summed E-state index contributed by atoms with van der Waals surface area (Å²) in [6.07, 6.45) is 2.92. The summed E-state index contributed by atoms with van der Waals surface area (Å²) in [6.45, 7) is 8.60. The summed E-state index contributed by atoms with van der Waals surface area (Å²) in [4.78, 5) is 19.1. The standard InChI is InChI=1S/C24H26FN3O2/c1-16(27-13-10-19(29)11-14-27)17-6-8-18(9-7-17)20-5-4-12-28-22(30)15-21(24(2,3)25)26-23(20)28/h4-9,12,15,19,29H,1,10-11,13-14H2,2-3H3. The zero-order chi connectivity index (χ0) is 21.5. The van der Waals surface area contributed by atoms with E-state index in [0.29, 0.717) is 5.65 Å². The molecule has 6 heteroatoms. The zero-order valence-corrected chi connectivity index (χ0v) is 17.3. The second kappa shape index (κ2) is 7.69. The van der Waals surface area contributed by atoms with Gasteiger partial charge in [0.25, 0.3) is 5.56 Å². The zero-order valence-electron chi connectivity index (χ0n) is 17.3. The third-order valence-electron chi connectivity index (χ3n) is 5.68. The summed E-state index contributed by atoms with van der Waals surface area (Å²) in [5, 5.41) is 9.71. The maximum absolute atomic E-state index is 14.5. The molecule has 0 spiro atoms. The largest absolute Gasteiger partial charge is 0.393 e. The molecule has 156 valence electrons. The number of aliphatic hydroxyl groups excluding tert-OH is 1. The van der Waals surface area contributed by atoms with Crippen LogP contribution in [0.5, 0.6) is 0 Å². The molecular formula is C24H26FN3O2. The van der Waals surface area contributed by atoms with Crippen molar-refractivity contribution in [2.24, 2.45) is 0 Å². The first-order valence-corrected chi connectivity index (χ1v) is 10.2. The van der Waals surface area contributed by atoms with Gasteiger partial charge in [-0.2, -0.15) is 0 Å². The number of halogens is 1. The molecule has 2 aromatic heterocycles. The van der Waals surface area contributed by atoms with Crippen LogP contribution in [0, 0.1) is 0 Å². The SMILES string of the molecule is C=C(c1ccc(-c2cccn3c(=O)cc(C(C)(C)F)nc23)cc1)N1CCC(O)CC1. The third kappa shape index (κ3) is 3.87. The van der Waals surface area contributed by atoms with Crippen molar-refractivity contribution in [3.8, 4) is 11.1 Å². The number of benzene rings is 1. The number of nitrogens with zero attached hydrogens (tertiary/aromatic N) is 3. The van der Waals surface area contributed by atoms with Crippen LogP contribution in [0.15, 0.2) is 60.0 Å². The van der Waals surface area contributed by atoms with Crippen LogP contribution in [0.1, 0.15) is 37.9 Å². The maximum Gasteiger partial charge on any atom is 0.258 e. The average molecular weight is 407 g/mol. The number of aromatic nitrogens is 2. The highest BCUT2D eigenvalue weighted by molar-refractivity contribution is 5.78. The molecule has 5 nitrogen and oxygen atoms in total. The number of likely N-dealkylation sites (tertiary alicyclic amines) is 1. The Morgan fingerprint density at radius 3 is 2.50 bits per heavy atom. The minimum Gasteiger partial charge on any atom is -0.393 e. The maximum atomic E-state index is 14.5. The van der Waals surface area contributed by atoms with E-state index in [0.717, 1.165) is 48.3 Å². The number of alkyl halides is 1. The van der Waals surface area contributed by atoms with Crippen molar-refractivity contribution in [2.75, 3.05) is 13.1 Å². The van der Waals surface area contributed by atoms with E-state index in [4.69, 9.17) is 0 Å². The third-order valence-corrected chi connectivity index (χ3v) is 5.68. The summed E-state index contributed by atoms with van der Waals surface area (Å²) in [5.41, 5.74) is 2.14. The Labute approximate surface area is 175 Å². The van der Waals surface area contributed by atoms with Gasteiger partial charge in [-0.3, -0.25) is 9.20 Å². The molecule has 0 amide bonds. The molecule has 0 saturated carbocycles. The molecule has 1 N–H and O–H groups in total. The Bertz CT molecular complexity index is 1140. The summed E-state index contributed by atoms with van der Waals surface area (Å²) >= 11 is 0. The van der Waals surface area contributed by atoms with Crippen LogP contribution in [0.2, 0.25) is 0 Å². The fourth-order valence-corrected chi connectivity index (χ4v) is 3.82. The van der Waals surface area contributed by atoms with E-state index in [2.05, 4.69) is 16.5 Å². The normalized spacial score (nSPS) is 15.5. The molecule has 30 heavy (non-hydrogen) atoms. The molecule has 1 fully saturated rings. The molecule has 0 radical (unpaired) electrons. The highest BCUT2D eigenvalue weighted by atomic mass is 19.1. The van der Waals surface area contributed by atoms with Gasteiger partial charge in [0.1, 0.15) is 11.3 Å². The molecule has 1 saturated heterocycles. The number of fused-ring (bicyclic) bond motifs is 1. The molecule has 0 unspecified atom stereocenters. The Hall–Kier alpha value is -2.99. The summed E-state index contributed by atoms with van der Waals surface area (Å²) in [7, 11) is 0. The van der Waals surface area contributed by atoms with Gasteiger partial charge in [-0.15, -0.1) is 0 Å². The first-order chi connectivity index (χ1) is 14.2. The van der Waals surface area contributed by atoms with Crippen molar-refractivity contribution in [1.82, 2.24) is 14.3 Å². The highest BCUT2D eigenvalue weighted by Gasteiger charge is 2.23. The minimum atomic E-state index is -1.70. The van der Waals surface area contributed by atoms with Crippen molar-refractivity contribution in [3.63, 3.8) is 0 Å². The second-order valence-electron chi connectivity index (χ2n) is 8.31. The lowest BCUT2D eigenvalue weighted by molar-refractivity contribution is 0.106. The second-order valence-corrected chi connectivity index (χ2v) is 8.31. The predicted molar refractivity (Wildman–Crippen MR) is 117 cm³/mol. The van der Waals surface area contributed by atoms with E-state index >= 15 is 0 Å². The monoisotopic (exact) mass is 407 g/mol. The van der Waals surface area contributed by atoms with Gasteiger partial charge in [-0.1, -0.05) is 30.8 Å². The van der Waals surface area contributed by atoms with E-state index in [1.54, 1.807) is 12.3 Å².